The molecule has 0 radical (unpaired) electrons. The van der Waals surface area contributed by atoms with E-state index in [0.29, 0.717) is 25.8 Å². The Balaban J connectivity index is 2.26. The summed E-state index contributed by atoms with van der Waals surface area (Å²) in [6, 6.07) is 2.94. The number of aromatic nitrogens is 1. The first-order chi connectivity index (χ1) is 18.0. The SMILES string of the molecule is CC(NC(=O)C(CCC(N)=O)NC(=O)C(Cc1c[nH]c2ccccc12)NC(=O)C(N)CCCCN)C(=O)O. The van der Waals surface area contributed by atoms with Crippen molar-refractivity contribution in [2.75, 3.05) is 6.54 Å². The van der Waals surface area contributed by atoms with Gasteiger partial charge in [-0.25, -0.2) is 0 Å². The minimum atomic E-state index is -1.27. The van der Waals surface area contributed by atoms with E-state index in [9.17, 15) is 24.0 Å². The van der Waals surface area contributed by atoms with E-state index in [1.807, 2.05) is 24.3 Å². The summed E-state index contributed by atoms with van der Waals surface area (Å²) in [4.78, 5) is 64.6. The van der Waals surface area contributed by atoms with Crippen LogP contribution in [0.4, 0.5) is 0 Å². The molecule has 0 aliphatic heterocycles. The highest BCUT2D eigenvalue weighted by atomic mass is 16.4. The van der Waals surface area contributed by atoms with Crippen LogP contribution in [0.15, 0.2) is 30.5 Å². The Bertz CT molecular complexity index is 1130. The maximum atomic E-state index is 13.4. The van der Waals surface area contributed by atoms with Gasteiger partial charge in [0, 0.05) is 29.9 Å². The van der Waals surface area contributed by atoms with Gasteiger partial charge in [0.15, 0.2) is 0 Å². The van der Waals surface area contributed by atoms with Crippen LogP contribution in [0.5, 0.6) is 0 Å². The second kappa shape index (κ2) is 14.7. The number of primary amides is 1. The smallest absolute Gasteiger partial charge is 0.325 e. The van der Waals surface area contributed by atoms with Gasteiger partial charge in [-0.2, -0.15) is 0 Å². The molecule has 13 heteroatoms. The second-order valence-electron chi connectivity index (χ2n) is 9.15. The molecule has 0 saturated carbocycles. The number of para-hydroxylation sites is 1. The molecule has 0 saturated heterocycles. The lowest BCUT2D eigenvalue weighted by atomic mass is 10.0. The van der Waals surface area contributed by atoms with E-state index in [4.69, 9.17) is 22.3 Å². The molecule has 13 nitrogen and oxygen atoms in total. The average molecular weight is 532 g/mol. The summed E-state index contributed by atoms with van der Waals surface area (Å²) in [6.07, 6.45) is 3.13. The molecule has 11 N–H and O–H groups in total. The molecule has 1 aromatic heterocycles. The van der Waals surface area contributed by atoms with E-state index >= 15 is 0 Å². The molecule has 0 aliphatic rings. The summed E-state index contributed by atoms with van der Waals surface area (Å²) in [6.45, 7) is 1.73. The van der Waals surface area contributed by atoms with Gasteiger partial charge in [0.1, 0.15) is 18.1 Å². The van der Waals surface area contributed by atoms with Gasteiger partial charge in [-0.05, 0) is 44.4 Å². The summed E-state index contributed by atoms with van der Waals surface area (Å²) < 4.78 is 0. The number of hydrogen-bond donors (Lipinski definition) is 8. The van der Waals surface area contributed by atoms with Gasteiger partial charge in [0.25, 0.3) is 0 Å². The number of benzene rings is 1. The third kappa shape index (κ3) is 9.16. The number of amides is 4. The number of fused-ring (bicyclic) bond motifs is 1. The monoisotopic (exact) mass is 531 g/mol. The Morgan fingerprint density at radius 2 is 1.61 bits per heavy atom. The van der Waals surface area contributed by atoms with Crippen LogP contribution >= 0.6 is 0 Å². The topological polar surface area (TPSA) is 236 Å². The number of carbonyl (C=O) groups excluding carboxylic acids is 4. The Hall–Kier alpha value is -3.97. The molecule has 1 heterocycles. The summed E-state index contributed by atoms with van der Waals surface area (Å²) in [5.41, 5.74) is 18.3. The first-order valence-corrected chi connectivity index (χ1v) is 12.5. The van der Waals surface area contributed by atoms with Crippen molar-refractivity contribution in [1.82, 2.24) is 20.9 Å². The van der Waals surface area contributed by atoms with Crippen LogP contribution in [-0.2, 0) is 30.4 Å². The lowest BCUT2D eigenvalue weighted by Gasteiger charge is -2.24. The molecule has 2 rings (SSSR count). The summed E-state index contributed by atoms with van der Waals surface area (Å²) in [5.74, 6) is -4.02. The van der Waals surface area contributed by atoms with Crippen molar-refractivity contribution < 1.29 is 29.1 Å². The number of aromatic amines is 1. The number of carboxylic acids is 1. The van der Waals surface area contributed by atoms with Crippen LogP contribution in [0.2, 0.25) is 0 Å². The average Bonchev–Trinajstić information content (AvgIpc) is 3.28. The normalized spacial score (nSPS) is 14.2. The van der Waals surface area contributed by atoms with E-state index in [2.05, 4.69) is 20.9 Å². The fourth-order valence-electron chi connectivity index (χ4n) is 3.85. The molecule has 0 bridgehead atoms. The van der Waals surface area contributed by atoms with Gasteiger partial charge in [-0.1, -0.05) is 24.6 Å². The van der Waals surface area contributed by atoms with Crippen LogP contribution in [0, 0.1) is 0 Å². The molecule has 2 aromatic rings. The largest absolute Gasteiger partial charge is 0.480 e. The molecule has 208 valence electrons. The van der Waals surface area contributed by atoms with Crippen molar-refractivity contribution >= 4 is 40.5 Å². The van der Waals surface area contributed by atoms with Crippen LogP contribution < -0.4 is 33.2 Å². The minimum Gasteiger partial charge on any atom is -0.480 e. The second-order valence-corrected chi connectivity index (χ2v) is 9.15. The van der Waals surface area contributed by atoms with Gasteiger partial charge in [0.05, 0.1) is 6.04 Å². The molecule has 4 amide bonds. The van der Waals surface area contributed by atoms with Crippen LogP contribution in [0.3, 0.4) is 0 Å². The van der Waals surface area contributed by atoms with Crippen LogP contribution in [-0.4, -0.2) is 70.4 Å². The standard InChI is InChI=1S/C25H37N7O6/c1-14(25(37)38)30-23(35)19(9-10-21(28)33)31-24(36)20(32-22(34)17(27)7-4-5-11-26)12-15-13-29-18-8-3-2-6-16(15)18/h2-3,6,8,13-14,17,19-20,29H,4-5,7,9-12,26-27H2,1H3,(H2,28,33)(H,30,35)(H,31,36)(H,32,34)(H,37,38). The van der Waals surface area contributed by atoms with Crippen molar-refractivity contribution in [2.45, 2.75) is 69.6 Å². The molecule has 4 atom stereocenters. The molecule has 0 spiro atoms. The highest BCUT2D eigenvalue weighted by Crippen LogP contribution is 2.19. The van der Waals surface area contributed by atoms with Crippen molar-refractivity contribution in [2.24, 2.45) is 17.2 Å². The Kier molecular flexibility index (Phi) is 11.7. The zero-order valence-corrected chi connectivity index (χ0v) is 21.4. The van der Waals surface area contributed by atoms with Gasteiger partial charge in [-0.3, -0.25) is 24.0 Å². The molecule has 1 aromatic carbocycles. The van der Waals surface area contributed by atoms with Crippen molar-refractivity contribution in [3.05, 3.63) is 36.0 Å². The van der Waals surface area contributed by atoms with Crippen molar-refractivity contribution in [3.8, 4) is 0 Å². The van der Waals surface area contributed by atoms with Gasteiger partial charge in [0.2, 0.25) is 23.6 Å². The molecule has 0 fully saturated rings. The molecule has 38 heavy (non-hydrogen) atoms. The number of hydrogen-bond acceptors (Lipinski definition) is 7. The molecular formula is C25H37N7O6. The Morgan fingerprint density at radius 3 is 2.26 bits per heavy atom. The van der Waals surface area contributed by atoms with E-state index < -0.39 is 53.8 Å². The number of nitrogens with one attached hydrogen (secondary N) is 4. The Morgan fingerprint density at radius 1 is 0.947 bits per heavy atom. The summed E-state index contributed by atoms with van der Waals surface area (Å²) in [5, 5.41) is 17.5. The van der Waals surface area contributed by atoms with Gasteiger partial charge in [-0.15, -0.1) is 0 Å². The van der Waals surface area contributed by atoms with Crippen LogP contribution in [0.25, 0.3) is 10.9 Å². The van der Waals surface area contributed by atoms with Crippen molar-refractivity contribution in [1.29, 1.82) is 0 Å². The van der Waals surface area contributed by atoms with E-state index in [-0.39, 0.29) is 19.3 Å². The number of nitrogens with two attached hydrogens (primary N) is 3. The van der Waals surface area contributed by atoms with E-state index in [1.54, 1.807) is 6.20 Å². The first-order valence-electron chi connectivity index (χ1n) is 12.5. The maximum absolute atomic E-state index is 13.4. The quantitative estimate of drug-likeness (QED) is 0.125. The maximum Gasteiger partial charge on any atom is 0.325 e. The number of rotatable bonds is 16. The highest BCUT2D eigenvalue weighted by molar-refractivity contribution is 5.95. The lowest BCUT2D eigenvalue weighted by molar-refractivity contribution is -0.142. The summed E-state index contributed by atoms with van der Waals surface area (Å²) >= 11 is 0. The number of H-pyrrole nitrogens is 1. The highest BCUT2D eigenvalue weighted by Gasteiger charge is 2.30. The number of aliphatic carboxylic acids is 1. The molecule has 0 aliphatic carbocycles. The number of carbonyl (C=O) groups is 5. The fourth-order valence-corrected chi connectivity index (χ4v) is 3.85. The third-order valence-electron chi connectivity index (χ3n) is 6.08. The van der Waals surface area contributed by atoms with E-state index in [0.717, 1.165) is 16.5 Å². The summed E-state index contributed by atoms with van der Waals surface area (Å²) in [7, 11) is 0. The van der Waals surface area contributed by atoms with E-state index in [1.165, 1.54) is 6.92 Å². The minimum absolute atomic E-state index is 0.0762. The zero-order valence-electron chi connectivity index (χ0n) is 21.4. The van der Waals surface area contributed by atoms with Crippen LogP contribution in [0.1, 0.15) is 44.6 Å². The first kappa shape index (κ1) is 30.3. The molecular weight excluding hydrogens is 494 g/mol. The lowest BCUT2D eigenvalue weighted by Crippen LogP contribution is -2.57. The third-order valence-corrected chi connectivity index (χ3v) is 6.08. The number of carboxylic acid groups (broad SMARTS) is 1. The predicted octanol–water partition coefficient (Wildman–Crippen LogP) is -1.01. The van der Waals surface area contributed by atoms with Gasteiger partial charge >= 0.3 is 5.97 Å². The Labute approximate surface area is 220 Å². The zero-order chi connectivity index (χ0) is 28.2. The predicted molar refractivity (Wildman–Crippen MR) is 140 cm³/mol. The van der Waals surface area contributed by atoms with Gasteiger partial charge < -0.3 is 43.2 Å². The number of unbranched alkanes of at least 4 members (excludes halogenated alkanes) is 1. The van der Waals surface area contributed by atoms with Crippen molar-refractivity contribution in [3.63, 3.8) is 0 Å². The fraction of sp³-hybridized carbons (Fsp3) is 0.480. The molecule has 4 unspecified atom stereocenters.